The minimum Gasteiger partial charge on any atom is -0.338 e. The maximum atomic E-state index is 12.1. The van der Waals surface area contributed by atoms with Gasteiger partial charge in [-0.05, 0) is 24.6 Å². The zero-order valence-electron chi connectivity index (χ0n) is 13.3. The number of rotatable bonds is 4. The molecule has 1 atom stereocenters. The van der Waals surface area contributed by atoms with Crippen LogP contribution in [0.3, 0.4) is 0 Å². The summed E-state index contributed by atoms with van der Waals surface area (Å²) in [5, 5.41) is 5.80. The smallest absolute Gasteiger partial charge is 0.315 e. The summed E-state index contributed by atoms with van der Waals surface area (Å²) in [5.41, 5.74) is 2.96. The highest BCUT2D eigenvalue weighted by Crippen LogP contribution is 2.24. The van der Waals surface area contributed by atoms with E-state index in [0.29, 0.717) is 6.54 Å². The molecule has 23 heavy (non-hydrogen) atoms. The monoisotopic (exact) mass is 308 g/mol. The Morgan fingerprint density at radius 2 is 1.83 bits per heavy atom. The Kier molecular flexibility index (Phi) is 4.28. The second-order valence-electron chi connectivity index (χ2n) is 5.37. The molecule has 0 bridgehead atoms. The van der Waals surface area contributed by atoms with Gasteiger partial charge in [0, 0.05) is 13.6 Å². The standard InChI is InChI=1S/C18H20N4O/c1-3-19-18(23)21-16(13-9-5-4-6-10-13)17-20-14-11-7-8-12-15(14)22(17)2/h4-12,16H,3H2,1-2H3,(H2,19,21,23)/t16-/m1/s1. The minimum absolute atomic E-state index is 0.201. The fraction of sp³-hybridized carbons (Fsp3) is 0.222. The van der Waals surface area contributed by atoms with Crippen LogP contribution in [0.2, 0.25) is 0 Å². The summed E-state index contributed by atoms with van der Waals surface area (Å²) in [6.07, 6.45) is 0. The Bertz CT molecular complexity index is 810. The van der Waals surface area contributed by atoms with E-state index in [4.69, 9.17) is 4.98 Å². The first kappa shape index (κ1) is 15.1. The number of carbonyl (C=O) groups excluding carboxylic acids is 1. The predicted octanol–water partition coefficient (Wildman–Crippen LogP) is 2.98. The Hall–Kier alpha value is -2.82. The van der Waals surface area contributed by atoms with Crippen LogP contribution in [0.15, 0.2) is 54.6 Å². The number of fused-ring (bicyclic) bond motifs is 1. The summed E-state index contributed by atoms with van der Waals surface area (Å²) in [6, 6.07) is 17.3. The SMILES string of the molecule is CCNC(=O)N[C@H](c1ccccc1)c1nc2ccccc2n1C. The average molecular weight is 308 g/mol. The van der Waals surface area contributed by atoms with Crippen LogP contribution in [0.4, 0.5) is 4.79 Å². The Morgan fingerprint density at radius 1 is 1.13 bits per heavy atom. The lowest BCUT2D eigenvalue weighted by Gasteiger charge is -2.19. The number of carbonyl (C=O) groups is 1. The summed E-state index contributed by atoms with van der Waals surface area (Å²) in [6.45, 7) is 2.47. The summed E-state index contributed by atoms with van der Waals surface area (Å²) < 4.78 is 2.03. The molecule has 0 aliphatic carbocycles. The molecule has 0 saturated heterocycles. The van der Waals surface area contributed by atoms with Crippen LogP contribution in [-0.4, -0.2) is 22.1 Å². The number of nitrogens with zero attached hydrogens (tertiary/aromatic N) is 2. The molecule has 2 aromatic carbocycles. The summed E-state index contributed by atoms with van der Waals surface area (Å²) in [5.74, 6) is 0.809. The highest BCUT2D eigenvalue weighted by molar-refractivity contribution is 5.77. The van der Waals surface area contributed by atoms with Crippen molar-refractivity contribution in [2.75, 3.05) is 6.54 Å². The van der Waals surface area contributed by atoms with Gasteiger partial charge in [-0.3, -0.25) is 0 Å². The highest BCUT2D eigenvalue weighted by Gasteiger charge is 2.22. The Labute approximate surface area is 135 Å². The maximum Gasteiger partial charge on any atom is 0.315 e. The fourth-order valence-electron chi connectivity index (χ4n) is 2.71. The molecule has 0 unspecified atom stereocenters. The number of urea groups is 1. The van der Waals surface area contributed by atoms with Crippen LogP contribution in [0.25, 0.3) is 11.0 Å². The zero-order chi connectivity index (χ0) is 16.2. The lowest BCUT2D eigenvalue weighted by molar-refractivity contribution is 0.238. The molecule has 0 radical (unpaired) electrons. The van der Waals surface area contributed by atoms with E-state index in [-0.39, 0.29) is 12.1 Å². The average Bonchev–Trinajstić information content (AvgIpc) is 2.91. The molecule has 1 aromatic heterocycles. The Balaban J connectivity index is 2.06. The third-order valence-corrected chi connectivity index (χ3v) is 3.83. The van der Waals surface area contributed by atoms with Gasteiger partial charge in [0.25, 0.3) is 0 Å². The molecule has 118 valence electrons. The van der Waals surface area contributed by atoms with Crippen LogP contribution in [0, 0.1) is 0 Å². The van der Waals surface area contributed by atoms with E-state index < -0.39 is 0 Å². The predicted molar refractivity (Wildman–Crippen MR) is 91.2 cm³/mol. The third-order valence-electron chi connectivity index (χ3n) is 3.83. The second kappa shape index (κ2) is 6.52. The summed E-state index contributed by atoms with van der Waals surface area (Å²) in [7, 11) is 1.97. The van der Waals surface area contributed by atoms with Crippen molar-refractivity contribution in [3.8, 4) is 0 Å². The number of benzene rings is 2. The molecule has 3 aromatic rings. The molecule has 5 nitrogen and oxygen atoms in total. The van der Waals surface area contributed by atoms with E-state index in [9.17, 15) is 4.79 Å². The zero-order valence-corrected chi connectivity index (χ0v) is 13.3. The van der Waals surface area contributed by atoms with Crippen molar-refractivity contribution >= 4 is 17.1 Å². The van der Waals surface area contributed by atoms with Gasteiger partial charge in [-0.25, -0.2) is 9.78 Å². The molecule has 1 heterocycles. The lowest BCUT2D eigenvalue weighted by Crippen LogP contribution is -2.39. The van der Waals surface area contributed by atoms with Gasteiger partial charge in [0.2, 0.25) is 0 Å². The quantitative estimate of drug-likeness (QED) is 0.778. The molecule has 0 aliphatic rings. The van der Waals surface area contributed by atoms with Crippen molar-refractivity contribution in [3.05, 3.63) is 66.0 Å². The molecule has 0 aliphatic heterocycles. The third kappa shape index (κ3) is 3.04. The number of aromatic nitrogens is 2. The molecule has 0 saturated carbocycles. The number of amides is 2. The van der Waals surface area contributed by atoms with E-state index in [1.165, 1.54) is 0 Å². The van der Waals surface area contributed by atoms with Gasteiger partial charge in [0.05, 0.1) is 11.0 Å². The van der Waals surface area contributed by atoms with Crippen LogP contribution >= 0.6 is 0 Å². The lowest BCUT2D eigenvalue weighted by atomic mass is 10.1. The van der Waals surface area contributed by atoms with Gasteiger partial charge in [-0.1, -0.05) is 42.5 Å². The first-order valence-corrected chi connectivity index (χ1v) is 7.71. The van der Waals surface area contributed by atoms with Gasteiger partial charge in [-0.15, -0.1) is 0 Å². The van der Waals surface area contributed by atoms with E-state index in [0.717, 1.165) is 22.4 Å². The molecule has 0 fully saturated rings. The number of imidazole rings is 1. The van der Waals surface area contributed by atoms with Crippen LogP contribution in [0.1, 0.15) is 24.4 Å². The van der Waals surface area contributed by atoms with E-state index in [1.807, 2.05) is 73.1 Å². The van der Waals surface area contributed by atoms with Gasteiger partial charge in [0.15, 0.2) is 0 Å². The number of hydrogen-bond acceptors (Lipinski definition) is 2. The van der Waals surface area contributed by atoms with Crippen LogP contribution in [0.5, 0.6) is 0 Å². The van der Waals surface area contributed by atoms with Crippen molar-refractivity contribution in [2.45, 2.75) is 13.0 Å². The van der Waals surface area contributed by atoms with E-state index in [2.05, 4.69) is 10.6 Å². The van der Waals surface area contributed by atoms with E-state index >= 15 is 0 Å². The van der Waals surface area contributed by atoms with Crippen LogP contribution in [-0.2, 0) is 7.05 Å². The molecular formula is C18H20N4O. The molecule has 2 amide bonds. The highest BCUT2D eigenvalue weighted by atomic mass is 16.2. The molecule has 2 N–H and O–H groups in total. The van der Waals surface area contributed by atoms with Crippen LogP contribution < -0.4 is 10.6 Å². The van der Waals surface area contributed by atoms with Crippen molar-refractivity contribution in [3.63, 3.8) is 0 Å². The Morgan fingerprint density at radius 3 is 2.52 bits per heavy atom. The normalized spacial score (nSPS) is 12.1. The molecular weight excluding hydrogens is 288 g/mol. The van der Waals surface area contributed by atoms with Crippen molar-refractivity contribution in [1.82, 2.24) is 20.2 Å². The summed E-state index contributed by atoms with van der Waals surface area (Å²) in [4.78, 5) is 16.8. The largest absolute Gasteiger partial charge is 0.338 e. The second-order valence-corrected chi connectivity index (χ2v) is 5.37. The van der Waals surface area contributed by atoms with Crippen molar-refractivity contribution in [1.29, 1.82) is 0 Å². The number of hydrogen-bond donors (Lipinski definition) is 2. The molecule has 3 rings (SSSR count). The minimum atomic E-state index is -0.305. The van der Waals surface area contributed by atoms with E-state index in [1.54, 1.807) is 0 Å². The maximum absolute atomic E-state index is 12.1. The van der Waals surface area contributed by atoms with Gasteiger partial charge in [-0.2, -0.15) is 0 Å². The first-order chi connectivity index (χ1) is 11.2. The number of para-hydroxylation sites is 2. The van der Waals surface area contributed by atoms with Crippen molar-refractivity contribution in [2.24, 2.45) is 7.05 Å². The van der Waals surface area contributed by atoms with Gasteiger partial charge in [0.1, 0.15) is 11.9 Å². The fourth-order valence-corrected chi connectivity index (χ4v) is 2.71. The number of aryl methyl sites for hydroxylation is 1. The first-order valence-electron chi connectivity index (χ1n) is 7.71. The summed E-state index contributed by atoms with van der Waals surface area (Å²) >= 11 is 0. The number of nitrogens with one attached hydrogen (secondary N) is 2. The topological polar surface area (TPSA) is 59.0 Å². The van der Waals surface area contributed by atoms with Gasteiger partial charge < -0.3 is 15.2 Å². The molecule has 5 heteroatoms. The molecule has 0 spiro atoms. The van der Waals surface area contributed by atoms with Crippen molar-refractivity contribution < 1.29 is 4.79 Å². The van der Waals surface area contributed by atoms with Gasteiger partial charge >= 0.3 is 6.03 Å².